The molecule has 0 unspecified atom stereocenters. The minimum atomic E-state index is -0.499. The van der Waals surface area contributed by atoms with Crippen molar-refractivity contribution in [1.82, 2.24) is 10.3 Å². The molecular formula is C15H25N3O. The van der Waals surface area contributed by atoms with Crippen LogP contribution in [0.5, 0.6) is 0 Å². The predicted octanol–water partition coefficient (Wildman–Crippen LogP) is 1.93. The van der Waals surface area contributed by atoms with Crippen molar-refractivity contribution >= 4 is 5.82 Å². The van der Waals surface area contributed by atoms with E-state index in [-0.39, 0.29) is 0 Å². The third-order valence-corrected chi connectivity index (χ3v) is 3.73. The van der Waals surface area contributed by atoms with Gasteiger partial charge < -0.3 is 15.3 Å². The lowest BCUT2D eigenvalue weighted by molar-refractivity contribution is 0.0350. The zero-order chi connectivity index (χ0) is 13.7. The molecule has 1 aliphatic rings. The summed E-state index contributed by atoms with van der Waals surface area (Å²) in [4.78, 5) is 6.78. The van der Waals surface area contributed by atoms with Crippen molar-refractivity contribution in [2.45, 2.75) is 45.3 Å². The van der Waals surface area contributed by atoms with Gasteiger partial charge in [-0.05, 0) is 44.4 Å². The fourth-order valence-electron chi connectivity index (χ4n) is 2.34. The number of aliphatic hydroxyl groups is 1. The summed E-state index contributed by atoms with van der Waals surface area (Å²) in [5.74, 6) is 1.02. The van der Waals surface area contributed by atoms with Crippen molar-refractivity contribution in [3.63, 3.8) is 0 Å². The number of anilines is 1. The van der Waals surface area contributed by atoms with E-state index in [4.69, 9.17) is 0 Å². The molecule has 2 N–H and O–H groups in total. The maximum Gasteiger partial charge on any atom is 0.128 e. The van der Waals surface area contributed by atoms with Crippen LogP contribution in [0.25, 0.3) is 0 Å². The van der Waals surface area contributed by atoms with E-state index in [0.29, 0.717) is 0 Å². The summed E-state index contributed by atoms with van der Waals surface area (Å²) in [5, 5.41) is 13.3. The van der Waals surface area contributed by atoms with Gasteiger partial charge in [0.2, 0.25) is 0 Å². The molecule has 0 aromatic carbocycles. The highest BCUT2D eigenvalue weighted by Gasteiger charge is 2.27. The van der Waals surface area contributed by atoms with E-state index in [2.05, 4.69) is 34.3 Å². The molecule has 1 aromatic rings. The van der Waals surface area contributed by atoms with Gasteiger partial charge in [0.15, 0.2) is 0 Å². The zero-order valence-corrected chi connectivity index (χ0v) is 12.0. The molecule has 2 rings (SSSR count). The molecule has 0 amide bonds. The summed E-state index contributed by atoms with van der Waals surface area (Å²) in [7, 11) is 0. The van der Waals surface area contributed by atoms with Crippen LogP contribution in [0.3, 0.4) is 0 Å². The molecule has 1 fully saturated rings. The second-order valence-corrected chi connectivity index (χ2v) is 5.69. The van der Waals surface area contributed by atoms with E-state index in [1.165, 1.54) is 5.56 Å². The number of pyridine rings is 1. The molecule has 106 valence electrons. The fourth-order valence-corrected chi connectivity index (χ4v) is 2.34. The number of piperidine rings is 1. The van der Waals surface area contributed by atoms with E-state index in [0.717, 1.165) is 51.3 Å². The SMILES string of the molecule is CCCNCc1ccc(N2CCC(C)(O)CC2)nc1. The van der Waals surface area contributed by atoms with Crippen LogP contribution in [0.15, 0.2) is 18.3 Å². The Kier molecular flexibility index (Phi) is 4.77. The lowest BCUT2D eigenvalue weighted by Crippen LogP contribution is -2.42. The van der Waals surface area contributed by atoms with Gasteiger partial charge in [0, 0.05) is 25.8 Å². The molecule has 0 spiro atoms. The molecule has 0 bridgehead atoms. The first-order valence-electron chi connectivity index (χ1n) is 7.24. The fraction of sp³-hybridized carbons (Fsp3) is 0.667. The highest BCUT2D eigenvalue weighted by Crippen LogP contribution is 2.24. The maximum absolute atomic E-state index is 9.95. The van der Waals surface area contributed by atoms with Gasteiger partial charge in [-0.25, -0.2) is 4.98 Å². The normalized spacial score (nSPS) is 18.6. The van der Waals surface area contributed by atoms with Crippen LogP contribution in [-0.2, 0) is 6.54 Å². The Balaban J connectivity index is 1.88. The summed E-state index contributed by atoms with van der Waals surface area (Å²) in [6.07, 6.45) is 4.73. The Labute approximate surface area is 115 Å². The quantitative estimate of drug-likeness (QED) is 0.797. The van der Waals surface area contributed by atoms with Crippen LogP contribution in [0.2, 0.25) is 0 Å². The van der Waals surface area contributed by atoms with Gasteiger partial charge in [0.1, 0.15) is 5.82 Å². The van der Waals surface area contributed by atoms with Crippen molar-refractivity contribution in [2.75, 3.05) is 24.5 Å². The number of rotatable bonds is 5. The second-order valence-electron chi connectivity index (χ2n) is 5.69. The average Bonchev–Trinajstić information content (AvgIpc) is 2.40. The molecule has 1 aliphatic heterocycles. The van der Waals surface area contributed by atoms with Crippen LogP contribution in [0.4, 0.5) is 5.82 Å². The molecule has 0 radical (unpaired) electrons. The van der Waals surface area contributed by atoms with E-state index in [9.17, 15) is 5.11 Å². The Morgan fingerprint density at radius 2 is 2.11 bits per heavy atom. The molecule has 4 heteroatoms. The van der Waals surface area contributed by atoms with Crippen LogP contribution >= 0.6 is 0 Å². The van der Waals surface area contributed by atoms with Crippen molar-refractivity contribution < 1.29 is 5.11 Å². The minimum Gasteiger partial charge on any atom is -0.390 e. The molecule has 2 heterocycles. The van der Waals surface area contributed by atoms with Gasteiger partial charge in [-0.15, -0.1) is 0 Å². The standard InChI is InChI=1S/C15H25N3O/c1-3-8-16-11-13-4-5-14(17-12-13)18-9-6-15(2,19)7-10-18/h4-5,12,16,19H,3,6-11H2,1-2H3. The van der Waals surface area contributed by atoms with Crippen molar-refractivity contribution in [3.8, 4) is 0 Å². The van der Waals surface area contributed by atoms with E-state index < -0.39 is 5.60 Å². The van der Waals surface area contributed by atoms with Crippen LogP contribution < -0.4 is 10.2 Å². The molecule has 4 nitrogen and oxygen atoms in total. The molecule has 19 heavy (non-hydrogen) atoms. The Morgan fingerprint density at radius 3 is 2.68 bits per heavy atom. The third-order valence-electron chi connectivity index (χ3n) is 3.73. The number of hydrogen-bond acceptors (Lipinski definition) is 4. The van der Waals surface area contributed by atoms with E-state index in [1.54, 1.807) is 0 Å². The second kappa shape index (κ2) is 6.35. The number of hydrogen-bond donors (Lipinski definition) is 2. The van der Waals surface area contributed by atoms with Crippen LogP contribution in [0, 0.1) is 0 Å². The lowest BCUT2D eigenvalue weighted by Gasteiger charge is -2.36. The van der Waals surface area contributed by atoms with Crippen LogP contribution in [-0.4, -0.2) is 35.3 Å². The first kappa shape index (κ1) is 14.3. The Morgan fingerprint density at radius 1 is 1.37 bits per heavy atom. The monoisotopic (exact) mass is 263 g/mol. The summed E-state index contributed by atoms with van der Waals surface area (Å²) < 4.78 is 0. The van der Waals surface area contributed by atoms with Crippen molar-refractivity contribution in [3.05, 3.63) is 23.9 Å². The van der Waals surface area contributed by atoms with Gasteiger partial charge in [-0.3, -0.25) is 0 Å². The van der Waals surface area contributed by atoms with Crippen LogP contribution in [0.1, 0.15) is 38.7 Å². The predicted molar refractivity (Wildman–Crippen MR) is 78.3 cm³/mol. The Hall–Kier alpha value is -1.13. The van der Waals surface area contributed by atoms with Gasteiger partial charge >= 0.3 is 0 Å². The van der Waals surface area contributed by atoms with E-state index >= 15 is 0 Å². The largest absolute Gasteiger partial charge is 0.390 e. The summed E-state index contributed by atoms with van der Waals surface area (Å²) in [5.41, 5.74) is 0.724. The van der Waals surface area contributed by atoms with Gasteiger partial charge in [0.25, 0.3) is 0 Å². The molecule has 0 atom stereocenters. The maximum atomic E-state index is 9.95. The van der Waals surface area contributed by atoms with Crippen molar-refractivity contribution in [1.29, 1.82) is 0 Å². The number of nitrogens with zero attached hydrogens (tertiary/aromatic N) is 2. The van der Waals surface area contributed by atoms with Crippen molar-refractivity contribution in [2.24, 2.45) is 0 Å². The minimum absolute atomic E-state index is 0.499. The number of nitrogens with one attached hydrogen (secondary N) is 1. The topological polar surface area (TPSA) is 48.4 Å². The Bertz CT molecular complexity index is 379. The highest BCUT2D eigenvalue weighted by atomic mass is 16.3. The highest BCUT2D eigenvalue weighted by molar-refractivity contribution is 5.40. The molecule has 1 saturated heterocycles. The number of aromatic nitrogens is 1. The third kappa shape index (κ3) is 4.18. The molecule has 0 saturated carbocycles. The van der Waals surface area contributed by atoms with Gasteiger partial charge in [-0.2, -0.15) is 0 Å². The first-order valence-corrected chi connectivity index (χ1v) is 7.24. The van der Waals surface area contributed by atoms with E-state index in [1.807, 2.05) is 13.1 Å². The molecular weight excluding hydrogens is 238 g/mol. The summed E-state index contributed by atoms with van der Waals surface area (Å²) in [6.45, 7) is 7.78. The van der Waals surface area contributed by atoms with Gasteiger partial charge in [-0.1, -0.05) is 13.0 Å². The summed E-state index contributed by atoms with van der Waals surface area (Å²) >= 11 is 0. The average molecular weight is 263 g/mol. The smallest absolute Gasteiger partial charge is 0.128 e. The lowest BCUT2D eigenvalue weighted by atomic mass is 9.94. The zero-order valence-electron chi connectivity index (χ0n) is 12.0. The van der Waals surface area contributed by atoms with Gasteiger partial charge in [0.05, 0.1) is 5.60 Å². The summed E-state index contributed by atoms with van der Waals surface area (Å²) in [6, 6.07) is 4.22. The first-order chi connectivity index (χ1) is 9.11. The molecule has 0 aliphatic carbocycles. The molecule has 1 aromatic heterocycles.